The number of carbonyl (C=O) groups is 2. The molecule has 0 amide bonds. The van der Waals surface area contributed by atoms with E-state index in [4.69, 9.17) is 10.2 Å². The van der Waals surface area contributed by atoms with Crippen LogP contribution in [0, 0.1) is 0 Å². The third kappa shape index (κ3) is 3.19. The van der Waals surface area contributed by atoms with Crippen molar-refractivity contribution < 1.29 is 19.8 Å². The molecule has 96 valence electrons. The largest absolute Gasteiger partial charge is 0.508 e. The van der Waals surface area contributed by atoms with E-state index < -0.39 is 0 Å². The molecule has 0 saturated carbocycles. The van der Waals surface area contributed by atoms with Crippen molar-refractivity contribution in [2.75, 3.05) is 0 Å². The number of carbonyl (C=O) groups excluding carboxylic acids is 2. The van der Waals surface area contributed by atoms with Crippen LogP contribution in [-0.4, -0.2) is 21.8 Å². The number of aromatic hydroxyl groups is 2. The Labute approximate surface area is 109 Å². The molecule has 0 aliphatic rings. The Balaban J connectivity index is 2.08. The number of phenols is 2. The molecule has 0 unspecified atom stereocenters. The van der Waals surface area contributed by atoms with E-state index in [-0.39, 0.29) is 29.5 Å². The van der Waals surface area contributed by atoms with Gasteiger partial charge in [-0.2, -0.15) is 0 Å². The molecule has 0 aliphatic heterocycles. The number of phenolic OH excluding ortho intramolecular Hbond substituents is 2. The molecule has 0 aromatic heterocycles. The van der Waals surface area contributed by atoms with Gasteiger partial charge in [0.1, 0.15) is 11.5 Å². The van der Waals surface area contributed by atoms with Gasteiger partial charge in [-0.05, 0) is 48.5 Å². The number of hydrogen-bond donors (Lipinski definition) is 2. The molecule has 0 bridgehead atoms. The summed E-state index contributed by atoms with van der Waals surface area (Å²) in [6.07, 6.45) is -0.241. The minimum Gasteiger partial charge on any atom is -0.508 e. The second kappa shape index (κ2) is 5.35. The lowest BCUT2D eigenvalue weighted by molar-refractivity contribution is 0.0894. The maximum atomic E-state index is 11.9. The van der Waals surface area contributed by atoms with Crippen LogP contribution in [0.3, 0.4) is 0 Å². The van der Waals surface area contributed by atoms with Crippen LogP contribution in [0.25, 0.3) is 0 Å². The quantitative estimate of drug-likeness (QED) is 0.651. The molecule has 0 radical (unpaired) electrons. The van der Waals surface area contributed by atoms with Crippen molar-refractivity contribution >= 4 is 11.6 Å². The van der Waals surface area contributed by atoms with Gasteiger partial charge < -0.3 is 10.2 Å². The van der Waals surface area contributed by atoms with E-state index in [1.165, 1.54) is 48.5 Å². The Morgan fingerprint density at radius 1 is 0.684 bits per heavy atom. The van der Waals surface area contributed by atoms with Crippen LogP contribution in [0.15, 0.2) is 48.5 Å². The molecule has 2 rings (SSSR count). The first-order valence-electron chi connectivity index (χ1n) is 5.71. The van der Waals surface area contributed by atoms with Crippen LogP contribution < -0.4 is 0 Å². The normalized spacial score (nSPS) is 10.1. The summed E-state index contributed by atoms with van der Waals surface area (Å²) in [6.45, 7) is 0. The lowest BCUT2D eigenvalue weighted by Crippen LogP contribution is -2.08. The minimum absolute atomic E-state index is 0.0708. The maximum Gasteiger partial charge on any atom is 0.170 e. The summed E-state index contributed by atoms with van der Waals surface area (Å²) in [4.78, 5) is 23.7. The van der Waals surface area contributed by atoms with Gasteiger partial charge >= 0.3 is 0 Å². The highest BCUT2D eigenvalue weighted by Gasteiger charge is 2.13. The fourth-order valence-corrected chi connectivity index (χ4v) is 1.64. The van der Waals surface area contributed by atoms with Gasteiger partial charge in [-0.25, -0.2) is 0 Å². The summed E-state index contributed by atoms with van der Waals surface area (Å²) in [6, 6.07) is 11.5. The highest BCUT2D eigenvalue weighted by atomic mass is 16.3. The van der Waals surface area contributed by atoms with Gasteiger partial charge in [-0.15, -0.1) is 0 Å². The van der Waals surface area contributed by atoms with E-state index in [1.54, 1.807) is 0 Å². The van der Waals surface area contributed by atoms with Gasteiger partial charge in [0.05, 0.1) is 6.42 Å². The smallest absolute Gasteiger partial charge is 0.170 e. The van der Waals surface area contributed by atoms with E-state index in [9.17, 15) is 9.59 Å². The molecule has 4 nitrogen and oxygen atoms in total. The molecule has 4 heteroatoms. The maximum absolute atomic E-state index is 11.9. The molecule has 2 aromatic rings. The second-order valence-electron chi connectivity index (χ2n) is 4.12. The van der Waals surface area contributed by atoms with E-state index in [0.29, 0.717) is 11.1 Å². The van der Waals surface area contributed by atoms with Crippen molar-refractivity contribution in [3.63, 3.8) is 0 Å². The third-order valence-corrected chi connectivity index (χ3v) is 2.70. The molecule has 0 atom stereocenters. The zero-order chi connectivity index (χ0) is 13.8. The van der Waals surface area contributed by atoms with Crippen LogP contribution in [-0.2, 0) is 0 Å². The third-order valence-electron chi connectivity index (χ3n) is 2.70. The summed E-state index contributed by atoms with van der Waals surface area (Å²) in [5.74, 6) is -0.473. The molecule has 0 aliphatic carbocycles. The highest BCUT2D eigenvalue weighted by Crippen LogP contribution is 2.15. The second-order valence-corrected chi connectivity index (χ2v) is 4.12. The Bertz CT molecular complexity index is 542. The van der Waals surface area contributed by atoms with Crippen molar-refractivity contribution in [2.24, 2.45) is 0 Å². The average molecular weight is 256 g/mol. The molecule has 0 spiro atoms. The molecule has 2 aromatic carbocycles. The molecule has 2 N–H and O–H groups in total. The van der Waals surface area contributed by atoms with E-state index in [1.807, 2.05) is 0 Å². The number of benzene rings is 2. The first-order valence-corrected chi connectivity index (χ1v) is 5.71. The van der Waals surface area contributed by atoms with Gasteiger partial charge in [-0.3, -0.25) is 9.59 Å². The predicted octanol–water partition coefficient (Wildman–Crippen LogP) is 2.55. The van der Waals surface area contributed by atoms with E-state index >= 15 is 0 Å². The van der Waals surface area contributed by atoms with Crippen molar-refractivity contribution in [1.29, 1.82) is 0 Å². The minimum atomic E-state index is -0.307. The number of hydrogen-bond acceptors (Lipinski definition) is 4. The zero-order valence-corrected chi connectivity index (χ0v) is 10.0. The number of ketones is 2. The zero-order valence-electron chi connectivity index (χ0n) is 10.0. The van der Waals surface area contributed by atoms with Crippen molar-refractivity contribution in [3.8, 4) is 11.5 Å². The van der Waals surface area contributed by atoms with Crippen molar-refractivity contribution in [3.05, 3.63) is 59.7 Å². The predicted molar refractivity (Wildman–Crippen MR) is 69.5 cm³/mol. The molecular formula is C15H12O4. The van der Waals surface area contributed by atoms with Crippen LogP contribution >= 0.6 is 0 Å². The van der Waals surface area contributed by atoms with Gasteiger partial charge in [0, 0.05) is 11.1 Å². The monoisotopic (exact) mass is 256 g/mol. The molecular weight excluding hydrogens is 244 g/mol. The molecule has 0 saturated heterocycles. The molecule has 19 heavy (non-hydrogen) atoms. The summed E-state index contributed by atoms with van der Waals surface area (Å²) in [5, 5.41) is 18.2. The van der Waals surface area contributed by atoms with Crippen LogP contribution in [0.4, 0.5) is 0 Å². The first-order chi connectivity index (χ1) is 9.06. The van der Waals surface area contributed by atoms with Crippen molar-refractivity contribution in [1.82, 2.24) is 0 Å². The topological polar surface area (TPSA) is 74.6 Å². The number of Topliss-reactive ketones (excluding diaryl/α,β-unsaturated/α-hetero) is 2. The van der Waals surface area contributed by atoms with E-state index in [0.717, 1.165) is 0 Å². The van der Waals surface area contributed by atoms with Crippen LogP contribution in [0.2, 0.25) is 0 Å². The Hall–Kier alpha value is -2.62. The lowest BCUT2D eigenvalue weighted by atomic mass is 10.0. The van der Waals surface area contributed by atoms with E-state index in [2.05, 4.69) is 0 Å². The summed E-state index contributed by atoms with van der Waals surface area (Å²) in [7, 11) is 0. The fraction of sp³-hybridized carbons (Fsp3) is 0.0667. The van der Waals surface area contributed by atoms with Gasteiger partial charge in [0.15, 0.2) is 11.6 Å². The average Bonchev–Trinajstić information content (AvgIpc) is 2.40. The van der Waals surface area contributed by atoms with Gasteiger partial charge in [0.25, 0.3) is 0 Å². The highest BCUT2D eigenvalue weighted by molar-refractivity contribution is 6.13. The summed E-state index contributed by atoms with van der Waals surface area (Å²) < 4.78 is 0. The summed E-state index contributed by atoms with van der Waals surface area (Å²) >= 11 is 0. The Morgan fingerprint density at radius 2 is 1.00 bits per heavy atom. The standard InChI is InChI=1S/C15H12O4/c16-12-5-1-10(2-6-12)14(18)9-15(19)11-3-7-13(17)8-4-11/h1-8,16-17H,9H2. The Morgan fingerprint density at radius 3 is 1.32 bits per heavy atom. The SMILES string of the molecule is O=C(CC(=O)c1ccc(O)cc1)c1ccc(O)cc1. The first kappa shape index (κ1) is 12.8. The van der Waals surface area contributed by atoms with Gasteiger partial charge in [0.2, 0.25) is 0 Å². The molecule has 0 heterocycles. The summed E-state index contributed by atoms with van der Waals surface area (Å²) in [5.41, 5.74) is 0.759. The number of rotatable bonds is 4. The van der Waals surface area contributed by atoms with Crippen LogP contribution in [0.5, 0.6) is 11.5 Å². The Kier molecular flexibility index (Phi) is 3.61. The molecule has 0 fully saturated rings. The fourth-order valence-electron chi connectivity index (χ4n) is 1.64. The van der Waals surface area contributed by atoms with Crippen LogP contribution in [0.1, 0.15) is 27.1 Å². The van der Waals surface area contributed by atoms with Gasteiger partial charge in [-0.1, -0.05) is 0 Å². The lowest BCUT2D eigenvalue weighted by Gasteiger charge is -2.02. The van der Waals surface area contributed by atoms with Crippen molar-refractivity contribution in [2.45, 2.75) is 6.42 Å².